The van der Waals surface area contributed by atoms with E-state index in [9.17, 15) is 14.9 Å². The van der Waals surface area contributed by atoms with Crippen LogP contribution in [0.5, 0.6) is 0 Å². The number of amides is 2. The van der Waals surface area contributed by atoms with E-state index in [0.29, 0.717) is 19.4 Å². The molecule has 6 nitrogen and oxygen atoms in total. The van der Waals surface area contributed by atoms with Crippen molar-refractivity contribution in [1.82, 2.24) is 10.6 Å². The standard InChI is InChI=1S/C26H34N4O2/c1-19(2)26(18-27,22-13-8-5-9-14-22)15-10-16-29-24(31)17-23(25(28)32)30-20(3)21-11-6-4-7-12-21/h4-9,11-14,19-20,23,30H,10,15-17H2,1-3H3,(H2,28,32)(H,29,31)/t20?,23-,26?/m0/s1. The number of benzene rings is 2. The van der Waals surface area contributed by atoms with Crippen LogP contribution < -0.4 is 16.4 Å². The van der Waals surface area contributed by atoms with Crippen LogP contribution in [0.4, 0.5) is 0 Å². The molecule has 0 radical (unpaired) electrons. The van der Waals surface area contributed by atoms with Crippen molar-refractivity contribution in [3.05, 3.63) is 71.8 Å². The minimum atomic E-state index is -0.761. The van der Waals surface area contributed by atoms with Gasteiger partial charge in [-0.1, -0.05) is 74.5 Å². The largest absolute Gasteiger partial charge is 0.368 e. The highest BCUT2D eigenvalue weighted by molar-refractivity contribution is 5.87. The lowest BCUT2D eigenvalue weighted by Gasteiger charge is -2.31. The van der Waals surface area contributed by atoms with Crippen molar-refractivity contribution in [2.45, 2.75) is 57.5 Å². The Morgan fingerprint density at radius 2 is 1.62 bits per heavy atom. The zero-order chi connectivity index (χ0) is 23.6. The quantitative estimate of drug-likeness (QED) is 0.444. The van der Waals surface area contributed by atoms with Gasteiger partial charge in [-0.15, -0.1) is 0 Å². The lowest BCUT2D eigenvalue weighted by molar-refractivity contribution is -0.126. The molecule has 32 heavy (non-hydrogen) atoms. The first kappa shape index (κ1) is 25.1. The van der Waals surface area contributed by atoms with Gasteiger partial charge in [-0.2, -0.15) is 5.26 Å². The van der Waals surface area contributed by atoms with Crippen molar-refractivity contribution in [3.63, 3.8) is 0 Å². The molecule has 2 aromatic rings. The van der Waals surface area contributed by atoms with Gasteiger partial charge >= 0.3 is 0 Å². The van der Waals surface area contributed by atoms with E-state index in [4.69, 9.17) is 5.73 Å². The monoisotopic (exact) mass is 434 g/mol. The number of primary amides is 1. The summed E-state index contributed by atoms with van der Waals surface area (Å²) in [7, 11) is 0. The number of nitriles is 1. The maximum Gasteiger partial charge on any atom is 0.235 e. The molecule has 0 saturated carbocycles. The van der Waals surface area contributed by atoms with Gasteiger partial charge in [-0.3, -0.25) is 14.9 Å². The smallest absolute Gasteiger partial charge is 0.235 e. The van der Waals surface area contributed by atoms with Crippen LogP contribution in [0, 0.1) is 17.2 Å². The highest BCUT2D eigenvalue weighted by Crippen LogP contribution is 2.36. The Kier molecular flexibility index (Phi) is 9.42. The second kappa shape index (κ2) is 12.0. The third-order valence-corrected chi connectivity index (χ3v) is 6.03. The molecule has 0 saturated heterocycles. The minimum absolute atomic E-state index is 0.0290. The molecule has 2 aromatic carbocycles. The topological polar surface area (TPSA) is 108 Å². The van der Waals surface area contributed by atoms with E-state index >= 15 is 0 Å². The van der Waals surface area contributed by atoms with Crippen molar-refractivity contribution in [1.29, 1.82) is 5.26 Å². The molecule has 0 aliphatic rings. The van der Waals surface area contributed by atoms with E-state index in [1.807, 2.05) is 81.4 Å². The van der Waals surface area contributed by atoms with Gasteiger partial charge in [-0.25, -0.2) is 0 Å². The number of rotatable bonds is 12. The molecule has 0 bridgehead atoms. The van der Waals surface area contributed by atoms with Crippen LogP contribution in [0.2, 0.25) is 0 Å². The lowest BCUT2D eigenvalue weighted by Crippen LogP contribution is -2.45. The van der Waals surface area contributed by atoms with Gasteiger partial charge in [0, 0.05) is 12.6 Å². The Hall–Kier alpha value is -3.17. The summed E-state index contributed by atoms with van der Waals surface area (Å²) in [5.41, 5.74) is 6.93. The van der Waals surface area contributed by atoms with Crippen LogP contribution in [0.25, 0.3) is 0 Å². The molecule has 170 valence electrons. The van der Waals surface area contributed by atoms with Crippen LogP contribution in [0.1, 0.15) is 57.2 Å². The molecule has 2 amide bonds. The van der Waals surface area contributed by atoms with E-state index in [0.717, 1.165) is 11.1 Å². The highest BCUT2D eigenvalue weighted by atomic mass is 16.2. The summed E-state index contributed by atoms with van der Waals surface area (Å²) in [4.78, 5) is 24.3. The molecule has 0 aromatic heterocycles. The molecule has 2 rings (SSSR count). The summed E-state index contributed by atoms with van der Waals surface area (Å²) in [6.07, 6.45) is 1.26. The average Bonchev–Trinajstić information content (AvgIpc) is 2.79. The first-order valence-corrected chi connectivity index (χ1v) is 11.1. The van der Waals surface area contributed by atoms with E-state index in [2.05, 4.69) is 16.7 Å². The van der Waals surface area contributed by atoms with Crippen molar-refractivity contribution in [3.8, 4) is 6.07 Å². The molecule has 0 spiro atoms. The molecule has 6 heteroatoms. The van der Waals surface area contributed by atoms with Crippen LogP contribution in [-0.2, 0) is 15.0 Å². The van der Waals surface area contributed by atoms with Crippen LogP contribution in [0.15, 0.2) is 60.7 Å². The fraction of sp³-hybridized carbons (Fsp3) is 0.423. The maximum absolute atomic E-state index is 12.4. The van der Waals surface area contributed by atoms with Gasteiger partial charge in [0.25, 0.3) is 0 Å². The van der Waals surface area contributed by atoms with Crippen LogP contribution in [0.3, 0.4) is 0 Å². The number of carbonyl (C=O) groups excluding carboxylic acids is 2. The number of nitrogens with zero attached hydrogens (tertiary/aromatic N) is 1. The van der Waals surface area contributed by atoms with Crippen LogP contribution >= 0.6 is 0 Å². The zero-order valence-electron chi connectivity index (χ0n) is 19.2. The Morgan fingerprint density at radius 1 is 1.03 bits per heavy atom. The molecule has 0 aliphatic carbocycles. The molecule has 4 N–H and O–H groups in total. The molecule has 0 heterocycles. The first-order chi connectivity index (χ1) is 15.3. The molecule has 0 fully saturated rings. The van der Waals surface area contributed by atoms with Gasteiger partial charge in [0.1, 0.15) is 0 Å². The lowest BCUT2D eigenvalue weighted by atomic mass is 9.70. The fourth-order valence-electron chi connectivity index (χ4n) is 3.99. The highest BCUT2D eigenvalue weighted by Gasteiger charge is 2.35. The van der Waals surface area contributed by atoms with Gasteiger partial charge in [0.05, 0.1) is 23.9 Å². The van der Waals surface area contributed by atoms with Crippen molar-refractivity contribution >= 4 is 11.8 Å². The molecular weight excluding hydrogens is 400 g/mol. The number of hydrogen-bond acceptors (Lipinski definition) is 4. The molecule has 0 aliphatic heterocycles. The number of carbonyl (C=O) groups is 2. The Labute approximate surface area is 191 Å². The molecule has 3 atom stereocenters. The maximum atomic E-state index is 12.4. The summed E-state index contributed by atoms with van der Waals surface area (Å²) in [6, 6.07) is 21.1. The van der Waals surface area contributed by atoms with E-state index in [-0.39, 0.29) is 24.3 Å². The number of hydrogen-bond donors (Lipinski definition) is 3. The Bertz CT molecular complexity index is 908. The van der Waals surface area contributed by atoms with E-state index < -0.39 is 17.4 Å². The minimum Gasteiger partial charge on any atom is -0.368 e. The SMILES string of the molecule is CC(N[C@@H](CC(=O)NCCCC(C#N)(c1ccccc1)C(C)C)C(N)=O)c1ccccc1. The van der Waals surface area contributed by atoms with Gasteiger partial charge in [-0.05, 0) is 36.8 Å². The third-order valence-electron chi connectivity index (χ3n) is 6.03. The Morgan fingerprint density at radius 3 is 2.16 bits per heavy atom. The molecular formula is C26H34N4O2. The van der Waals surface area contributed by atoms with Crippen LogP contribution in [-0.4, -0.2) is 24.4 Å². The van der Waals surface area contributed by atoms with E-state index in [1.54, 1.807) is 0 Å². The second-order valence-electron chi connectivity index (χ2n) is 8.52. The molecule has 2 unspecified atom stereocenters. The second-order valence-corrected chi connectivity index (χ2v) is 8.52. The summed E-state index contributed by atoms with van der Waals surface area (Å²) in [5.74, 6) is -0.669. The fourth-order valence-corrected chi connectivity index (χ4v) is 3.99. The number of nitrogens with one attached hydrogen (secondary N) is 2. The van der Waals surface area contributed by atoms with Crippen molar-refractivity contribution in [2.75, 3.05) is 6.54 Å². The van der Waals surface area contributed by atoms with Crippen molar-refractivity contribution < 1.29 is 9.59 Å². The van der Waals surface area contributed by atoms with Gasteiger partial charge < -0.3 is 11.1 Å². The summed E-state index contributed by atoms with van der Waals surface area (Å²) < 4.78 is 0. The first-order valence-electron chi connectivity index (χ1n) is 11.1. The van der Waals surface area contributed by atoms with Gasteiger partial charge in [0.15, 0.2) is 0 Å². The van der Waals surface area contributed by atoms with Gasteiger partial charge in [0.2, 0.25) is 11.8 Å². The number of nitrogens with two attached hydrogens (primary N) is 1. The Balaban J connectivity index is 1.89. The summed E-state index contributed by atoms with van der Waals surface area (Å²) in [6.45, 7) is 6.46. The van der Waals surface area contributed by atoms with Crippen molar-refractivity contribution in [2.24, 2.45) is 11.7 Å². The average molecular weight is 435 g/mol. The normalized spacial score (nSPS) is 14.7. The van der Waals surface area contributed by atoms with E-state index in [1.165, 1.54) is 0 Å². The third kappa shape index (κ3) is 6.66. The predicted molar refractivity (Wildman–Crippen MR) is 126 cm³/mol. The summed E-state index contributed by atoms with van der Waals surface area (Å²) >= 11 is 0. The predicted octanol–water partition coefficient (Wildman–Crippen LogP) is 3.60. The summed E-state index contributed by atoms with van der Waals surface area (Å²) in [5, 5.41) is 16.0. The zero-order valence-corrected chi connectivity index (χ0v) is 19.2.